The normalized spacial score (nSPS) is 13.1. The first-order valence-electron chi connectivity index (χ1n) is 10.1. The van der Waals surface area contributed by atoms with E-state index in [4.69, 9.17) is 9.47 Å². The van der Waals surface area contributed by atoms with Crippen molar-refractivity contribution in [3.8, 4) is 22.8 Å². The zero-order valence-electron chi connectivity index (χ0n) is 17.6. The molecule has 162 valence electrons. The van der Waals surface area contributed by atoms with Crippen molar-refractivity contribution in [1.82, 2.24) is 29.9 Å². The zero-order chi connectivity index (χ0) is 22.1. The Morgan fingerprint density at radius 3 is 2.75 bits per heavy atom. The predicted octanol–water partition coefficient (Wildman–Crippen LogP) is 2.84. The maximum Gasteiger partial charge on any atom is 0.270 e. The molecule has 1 saturated carbocycles. The lowest BCUT2D eigenvalue weighted by Gasteiger charge is -2.08. The standard InChI is InChI=1S/C22H21N7O3/c1-31-17-10-14(11-23-21(17)32-2)13-6-9-19-27-22(28-29(19)12-13)26-18-5-3-4-16(25-18)20(30)24-15-7-8-15/h3-6,9-12,15H,7-8H2,1-2H3,(H,24,30)(H,25,26,28). The summed E-state index contributed by atoms with van der Waals surface area (Å²) in [5.74, 6) is 1.66. The van der Waals surface area contributed by atoms with Gasteiger partial charge < -0.3 is 20.1 Å². The van der Waals surface area contributed by atoms with Crippen LogP contribution in [-0.2, 0) is 0 Å². The van der Waals surface area contributed by atoms with Gasteiger partial charge in [0.05, 0.1) is 14.2 Å². The van der Waals surface area contributed by atoms with Gasteiger partial charge in [-0.2, -0.15) is 4.98 Å². The molecule has 4 heterocycles. The van der Waals surface area contributed by atoms with Crippen molar-refractivity contribution in [3.63, 3.8) is 0 Å². The summed E-state index contributed by atoms with van der Waals surface area (Å²) >= 11 is 0. The number of carbonyl (C=O) groups excluding carboxylic acids is 1. The number of pyridine rings is 3. The molecule has 0 spiro atoms. The molecule has 1 amide bonds. The molecule has 10 heteroatoms. The molecule has 32 heavy (non-hydrogen) atoms. The second kappa shape index (κ2) is 8.14. The Morgan fingerprint density at radius 2 is 1.97 bits per heavy atom. The minimum absolute atomic E-state index is 0.174. The quantitative estimate of drug-likeness (QED) is 0.459. The summed E-state index contributed by atoms with van der Waals surface area (Å²) in [5, 5.41) is 10.5. The number of carbonyl (C=O) groups is 1. The number of hydrogen-bond donors (Lipinski definition) is 2. The van der Waals surface area contributed by atoms with Crippen molar-refractivity contribution < 1.29 is 14.3 Å². The molecular weight excluding hydrogens is 410 g/mol. The fraction of sp³-hybridized carbons (Fsp3) is 0.227. The Morgan fingerprint density at radius 1 is 1.09 bits per heavy atom. The molecular formula is C22H21N7O3. The number of rotatable bonds is 7. The van der Waals surface area contributed by atoms with Crippen LogP contribution in [0.25, 0.3) is 16.8 Å². The topological polar surface area (TPSA) is 116 Å². The van der Waals surface area contributed by atoms with Crippen LogP contribution < -0.4 is 20.1 Å². The van der Waals surface area contributed by atoms with Crippen molar-refractivity contribution in [2.75, 3.05) is 19.5 Å². The van der Waals surface area contributed by atoms with E-state index in [1.807, 2.05) is 24.4 Å². The molecule has 1 aliphatic carbocycles. The highest BCUT2D eigenvalue weighted by Crippen LogP contribution is 2.30. The number of hydrogen-bond acceptors (Lipinski definition) is 8. The van der Waals surface area contributed by atoms with E-state index in [2.05, 4.69) is 30.7 Å². The number of ether oxygens (including phenoxy) is 2. The average molecular weight is 431 g/mol. The molecule has 10 nitrogen and oxygen atoms in total. The maximum atomic E-state index is 12.2. The summed E-state index contributed by atoms with van der Waals surface area (Å²) in [5.41, 5.74) is 2.76. The molecule has 0 saturated heterocycles. The number of fused-ring (bicyclic) bond motifs is 1. The van der Waals surface area contributed by atoms with Gasteiger partial charge in [-0.3, -0.25) is 4.79 Å². The summed E-state index contributed by atoms with van der Waals surface area (Å²) in [6.45, 7) is 0. The van der Waals surface area contributed by atoms with E-state index >= 15 is 0 Å². The second-order valence-corrected chi connectivity index (χ2v) is 7.37. The van der Waals surface area contributed by atoms with Gasteiger partial charge in [0.15, 0.2) is 11.4 Å². The van der Waals surface area contributed by atoms with Gasteiger partial charge in [-0.15, -0.1) is 5.10 Å². The van der Waals surface area contributed by atoms with E-state index in [0.29, 0.717) is 34.7 Å². The molecule has 1 fully saturated rings. The Bertz CT molecular complexity index is 1300. The minimum Gasteiger partial charge on any atom is -0.491 e. The molecule has 0 bridgehead atoms. The average Bonchev–Trinajstić information content (AvgIpc) is 3.54. The van der Waals surface area contributed by atoms with Crippen molar-refractivity contribution in [3.05, 3.63) is 54.5 Å². The van der Waals surface area contributed by atoms with Gasteiger partial charge in [0, 0.05) is 29.6 Å². The van der Waals surface area contributed by atoms with Crippen LogP contribution in [0.15, 0.2) is 48.8 Å². The third-order valence-electron chi connectivity index (χ3n) is 5.03. The molecule has 0 unspecified atom stereocenters. The minimum atomic E-state index is -0.174. The smallest absolute Gasteiger partial charge is 0.270 e. The lowest BCUT2D eigenvalue weighted by Crippen LogP contribution is -2.26. The van der Waals surface area contributed by atoms with Crippen LogP contribution in [0.3, 0.4) is 0 Å². The maximum absolute atomic E-state index is 12.2. The van der Waals surface area contributed by atoms with Gasteiger partial charge in [-0.1, -0.05) is 6.07 Å². The van der Waals surface area contributed by atoms with Crippen LogP contribution in [0, 0.1) is 0 Å². The number of nitrogens with zero attached hydrogens (tertiary/aromatic N) is 5. The molecule has 2 N–H and O–H groups in total. The molecule has 1 aliphatic rings. The van der Waals surface area contributed by atoms with Gasteiger partial charge in [-0.25, -0.2) is 14.5 Å². The fourth-order valence-electron chi connectivity index (χ4n) is 3.23. The number of methoxy groups -OCH3 is 2. The fourth-order valence-corrected chi connectivity index (χ4v) is 3.23. The summed E-state index contributed by atoms with van der Waals surface area (Å²) in [7, 11) is 3.12. The van der Waals surface area contributed by atoms with E-state index in [1.54, 1.807) is 43.1 Å². The van der Waals surface area contributed by atoms with Crippen LogP contribution in [-0.4, -0.2) is 50.7 Å². The Balaban J connectivity index is 1.38. The summed E-state index contributed by atoms with van der Waals surface area (Å²) in [6, 6.07) is 11.1. The van der Waals surface area contributed by atoms with E-state index in [1.165, 1.54) is 0 Å². The first-order valence-corrected chi connectivity index (χ1v) is 10.1. The first kappa shape index (κ1) is 19.7. The van der Waals surface area contributed by atoms with Crippen LogP contribution in [0.5, 0.6) is 11.6 Å². The van der Waals surface area contributed by atoms with Crippen LogP contribution in [0.2, 0.25) is 0 Å². The highest BCUT2D eigenvalue weighted by molar-refractivity contribution is 5.93. The molecule has 0 atom stereocenters. The van der Waals surface area contributed by atoms with Gasteiger partial charge in [0.2, 0.25) is 5.95 Å². The summed E-state index contributed by atoms with van der Waals surface area (Å²) in [6.07, 6.45) is 5.61. The van der Waals surface area contributed by atoms with Crippen molar-refractivity contribution >= 4 is 23.3 Å². The van der Waals surface area contributed by atoms with Gasteiger partial charge in [0.25, 0.3) is 11.8 Å². The van der Waals surface area contributed by atoms with Gasteiger partial charge in [0.1, 0.15) is 11.5 Å². The van der Waals surface area contributed by atoms with E-state index < -0.39 is 0 Å². The number of amides is 1. The van der Waals surface area contributed by atoms with Crippen molar-refractivity contribution in [2.24, 2.45) is 0 Å². The Kier molecular flexibility index (Phi) is 5.02. The largest absolute Gasteiger partial charge is 0.491 e. The zero-order valence-corrected chi connectivity index (χ0v) is 17.6. The van der Waals surface area contributed by atoms with Gasteiger partial charge >= 0.3 is 0 Å². The number of aromatic nitrogens is 5. The molecule has 4 aromatic heterocycles. The Labute approximate surface area is 183 Å². The van der Waals surface area contributed by atoms with Crippen molar-refractivity contribution in [2.45, 2.75) is 18.9 Å². The van der Waals surface area contributed by atoms with Crippen LogP contribution >= 0.6 is 0 Å². The van der Waals surface area contributed by atoms with E-state index in [0.717, 1.165) is 24.0 Å². The van der Waals surface area contributed by atoms with E-state index in [-0.39, 0.29) is 11.9 Å². The lowest BCUT2D eigenvalue weighted by atomic mass is 10.1. The summed E-state index contributed by atoms with van der Waals surface area (Å²) in [4.78, 5) is 25.4. The molecule has 5 rings (SSSR count). The number of nitrogens with one attached hydrogen (secondary N) is 2. The Hall–Kier alpha value is -4.21. The van der Waals surface area contributed by atoms with Crippen molar-refractivity contribution in [1.29, 1.82) is 0 Å². The third kappa shape index (κ3) is 4.02. The second-order valence-electron chi connectivity index (χ2n) is 7.37. The molecule has 4 aromatic rings. The third-order valence-corrected chi connectivity index (χ3v) is 5.03. The van der Waals surface area contributed by atoms with Crippen LogP contribution in [0.4, 0.5) is 11.8 Å². The molecule has 0 radical (unpaired) electrons. The first-order chi connectivity index (χ1) is 15.6. The number of anilines is 2. The predicted molar refractivity (Wildman–Crippen MR) is 117 cm³/mol. The lowest BCUT2D eigenvalue weighted by molar-refractivity contribution is 0.0946. The highest BCUT2D eigenvalue weighted by Gasteiger charge is 2.24. The SMILES string of the molecule is COc1cc(-c2ccc3nc(Nc4cccc(C(=O)NC5CC5)n4)nn3c2)cnc1OC. The molecule has 0 aliphatic heterocycles. The van der Waals surface area contributed by atoms with Crippen LogP contribution in [0.1, 0.15) is 23.3 Å². The highest BCUT2D eigenvalue weighted by atomic mass is 16.5. The summed E-state index contributed by atoms with van der Waals surface area (Å²) < 4.78 is 12.2. The van der Waals surface area contributed by atoms with E-state index in [9.17, 15) is 4.79 Å². The monoisotopic (exact) mass is 431 g/mol. The van der Waals surface area contributed by atoms with Gasteiger partial charge in [-0.05, 0) is 43.2 Å². The molecule has 0 aromatic carbocycles.